The summed E-state index contributed by atoms with van der Waals surface area (Å²) in [4.78, 5) is 23.1. The van der Waals surface area contributed by atoms with Crippen molar-refractivity contribution in [1.82, 2.24) is 14.5 Å². The first kappa shape index (κ1) is 22.3. The molecular formula is C18H29IN4O4. The smallest absolute Gasteiger partial charge is 0.351 e. The molecule has 3 unspecified atom stereocenters. The van der Waals surface area contributed by atoms with Gasteiger partial charge in [0.15, 0.2) is 5.82 Å². The summed E-state index contributed by atoms with van der Waals surface area (Å²) in [5.74, 6) is 1.37. The highest BCUT2D eigenvalue weighted by molar-refractivity contribution is 14.1. The summed E-state index contributed by atoms with van der Waals surface area (Å²) in [6.07, 6.45) is 1.51. The molecule has 1 aromatic rings. The number of ether oxygens (including phenoxy) is 1. The standard InChI is InChI=1S/C18H29IN4O4/c1-11(2)6-22(7-12(3)4)10-20-17-13(19)8-23(18(26)21-17)16-5-14(25)15(9-24)27-16/h8,10-12,14-16,24-25H,5-7,9H2,1-4H3. The van der Waals surface area contributed by atoms with Crippen molar-refractivity contribution in [2.45, 2.75) is 52.6 Å². The molecule has 152 valence electrons. The number of aliphatic imine (C=N–C) groups is 1. The van der Waals surface area contributed by atoms with E-state index in [-0.39, 0.29) is 13.0 Å². The van der Waals surface area contributed by atoms with E-state index in [0.29, 0.717) is 21.2 Å². The van der Waals surface area contributed by atoms with Gasteiger partial charge in [-0.1, -0.05) is 27.7 Å². The van der Waals surface area contributed by atoms with E-state index in [4.69, 9.17) is 4.74 Å². The lowest BCUT2D eigenvalue weighted by atomic mass is 10.1. The van der Waals surface area contributed by atoms with Gasteiger partial charge in [-0.05, 0) is 34.4 Å². The van der Waals surface area contributed by atoms with Crippen molar-refractivity contribution in [1.29, 1.82) is 0 Å². The second kappa shape index (κ2) is 9.94. The van der Waals surface area contributed by atoms with Crippen LogP contribution >= 0.6 is 22.6 Å². The van der Waals surface area contributed by atoms with E-state index in [1.54, 1.807) is 12.5 Å². The van der Waals surface area contributed by atoms with E-state index < -0.39 is 24.1 Å². The first-order valence-electron chi connectivity index (χ1n) is 9.22. The van der Waals surface area contributed by atoms with Crippen molar-refractivity contribution in [2.24, 2.45) is 16.8 Å². The minimum Gasteiger partial charge on any atom is -0.394 e. The van der Waals surface area contributed by atoms with Crippen LogP contribution < -0.4 is 5.69 Å². The number of halogens is 1. The maximum absolute atomic E-state index is 12.4. The number of nitrogens with zero attached hydrogens (tertiary/aromatic N) is 4. The molecule has 8 nitrogen and oxygen atoms in total. The Kier molecular flexibility index (Phi) is 8.20. The molecule has 1 aromatic heterocycles. The Hall–Kier alpha value is -1.04. The molecule has 2 rings (SSSR count). The minimum atomic E-state index is -0.803. The molecule has 0 aliphatic carbocycles. The van der Waals surface area contributed by atoms with Crippen LogP contribution in [0.3, 0.4) is 0 Å². The first-order chi connectivity index (χ1) is 12.7. The van der Waals surface area contributed by atoms with Gasteiger partial charge in [0.1, 0.15) is 12.3 Å². The molecule has 0 amide bonds. The van der Waals surface area contributed by atoms with Crippen LogP contribution in [0.1, 0.15) is 40.3 Å². The van der Waals surface area contributed by atoms with E-state index >= 15 is 0 Å². The van der Waals surface area contributed by atoms with Crippen molar-refractivity contribution in [3.8, 4) is 0 Å². The van der Waals surface area contributed by atoms with Crippen molar-refractivity contribution in [3.05, 3.63) is 20.3 Å². The highest BCUT2D eigenvalue weighted by Gasteiger charge is 2.35. The van der Waals surface area contributed by atoms with Gasteiger partial charge >= 0.3 is 5.69 Å². The van der Waals surface area contributed by atoms with Crippen LogP contribution in [0.4, 0.5) is 5.82 Å². The van der Waals surface area contributed by atoms with Crippen LogP contribution in [0.2, 0.25) is 0 Å². The molecule has 3 atom stereocenters. The fraction of sp³-hybridized carbons (Fsp3) is 0.722. The summed E-state index contributed by atoms with van der Waals surface area (Å²) in [5.41, 5.74) is -0.488. The third kappa shape index (κ3) is 6.23. The molecule has 0 aromatic carbocycles. The predicted octanol–water partition coefficient (Wildman–Crippen LogP) is 1.76. The molecule has 27 heavy (non-hydrogen) atoms. The molecular weight excluding hydrogens is 463 g/mol. The lowest BCUT2D eigenvalue weighted by Crippen LogP contribution is -2.30. The highest BCUT2D eigenvalue weighted by Crippen LogP contribution is 2.28. The summed E-state index contributed by atoms with van der Waals surface area (Å²) in [7, 11) is 0. The normalized spacial score (nSPS) is 23.1. The SMILES string of the molecule is CC(C)CN(C=Nc1nc(=O)n(C2CC(O)C(CO)O2)cc1I)CC(C)C. The van der Waals surface area contributed by atoms with E-state index in [9.17, 15) is 15.0 Å². The highest BCUT2D eigenvalue weighted by atomic mass is 127. The topological polar surface area (TPSA) is 100 Å². The summed E-state index contributed by atoms with van der Waals surface area (Å²) < 4.78 is 7.60. The summed E-state index contributed by atoms with van der Waals surface area (Å²) in [6.45, 7) is 10.1. The quantitative estimate of drug-likeness (QED) is 0.326. The zero-order valence-corrected chi connectivity index (χ0v) is 18.4. The van der Waals surface area contributed by atoms with Gasteiger partial charge < -0.3 is 19.8 Å². The molecule has 0 bridgehead atoms. The average Bonchev–Trinajstić information content (AvgIpc) is 2.94. The molecule has 0 radical (unpaired) electrons. The van der Waals surface area contributed by atoms with Crippen molar-refractivity contribution in [2.75, 3.05) is 19.7 Å². The van der Waals surface area contributed by atoms with Crippen LogP contribution in [-0.4, -0.2) is 62.9 Å². The van der Waals surface area contributed by atoms with E-state index in [2.05, 4.69) is 65.2 Å². The van der Waals surface area contributed by atoms with Crippen molar-refractivity contribution in [3.63, 3.8) is 0 Å². The number of hydrogen-bond donors (Lipinski definition) is 2. The fourth-order valence-electron chi connectivity index (χ4n) is 3.03. The second-order valence-corrected chi connectivity index (χ2v) is 8.87. The molecule has 1 saturated heterocycles. The Labute approximate surface area is 173 Å². The summed E-state index contributed by atoms with van der Waals surface area (Å²) in [5, 5.41) is 19.1. The summed E-state index contributed by atoms with van der Waals surface area (Å²) in [6, 6.07) is 0. The number of hydrogen-bond acceptors (Lipinski definition) is 6. The Morgan fingerprint density at radius 1 is 1.41 bits per heavy atom. The molecule has 1 aliphatic rings. The molecule has 2 N–H and O–H groups in total. The molecule has 1 aliphatic heterocycles. The Morgan fingerprint density at radius 3 is 2.56 bits per heavy atom. The van der Waals surface area contributed by atoms with Gasteiger partial charge in [0.05, 0.1) is 22.6 Å². The van der Waals surface area contributed by atoms with Gasteiger partial charge in [-0.2, -0.15) is 4.98 Å². The van der Waals surface area contributed by atoms with Gasteiger partial charge in [-0.15, -0.1) is 0 Å². The largest absolute Gasteiger partial charge is 0.394 e. The Morgan fingerprint density at radius 2 is 2.04 bits per heavy atom. The van der Waals surface area contributed by atoms with Crippen LogP contribution in [0.15, 0.2) is 16.0 Å². The lowest BCUT2D eigenvalue weighted by molar-refractivity contribution is -0.0459. The second-order valence-electron chi connectivity index (χ2n) is 7.70. The van der Waals surface area contributed by atoms with Crippen LogP contribution in [0.5, 0.6) is 0 Å². The van der Waals surface area contributed by atoms with Gasteiger partial charge in [0, 0.05) is 25.7 Å². The number of aliphatic hydroxyl groups excluding tert-OH is 2. The van der Waals surface area contributed by atoms with Gasteiger partial charge in [-0.25, -0.2) is 9.79 Å². The van der Waals surface area contributed by atoms with Gasteiger partial charge in [0.2, 0.25) is 0 Å². The monoisotopic (exact) mass is 492 g/mol. The number of aromatic nitrogens is 2. The zero-order valence-electron chi connectivity index (χ0n) is 16.2. The molecule has 0 spiro atoms. The average molecular weight is 492 g/mol. The van der Waals surface area contributed by atoms with Crippen LogP contribution in [0, 0.1) is 15.4 Å². The minimum absolute atomic E-state index is 0.238. The molecule has 9 heteroatoms. The number of aliphatic hydroxyl groups is 2. The van der Waals surface area contributed by atoms with E-state index in [0.717, 1.165) is 13.1 Å². The fourth-order valence-corrected chi connectivity index (χ4v) is 3.59. The lowest BCUT2D eigenvalue weighted by Gasteiger charge is -2.23. The molecule has 0 saturated carbocycles. The third-order valence-corrected chi connectivity index (χ3v) is 4.89. The van der Waals surface area contributed by atoms with Crippen LogP contribution in [-0.2, 0) is 4.74 Å². The zero-order chi connectivity index (χ0) is 20.1. The van der Waals surface area contributed by atoms with E-state index in [1.165, 1.54) is 4.57 Å². The predicted molar refractivity (Wildman–Crippen MR) is 112 cm³/mol. The van der Waals surface area contributed by atoms with E-state index in [1.807, 2.05) is 0 Å². The third-order valence-electron chi connectivity index (χ3n) is 4.13. The maximum Gasteiger partial charge on any atom is 0.351 e. The molecule has 2 heterocycles. The van der Waals surface area contributed by atoms with Crippen LogP contribution in [0.25, 0.3) is 0 Å². The summed E-state index contributed by atoms with van der Waals surface area (Å²) >= 11 is 2.08. The van der Waals surface area contributed by atoms with Gasteiger partial charge in [-0.3, -0.25) is 4.57 Å². The molecule has 1 fully saturated rings. The Balaban J connectivity index is 2.19. The first-order valence-corrected chi connectivity index (χ1v) is 10.3. The number of rotatable bonds is 8. The maximum atomic E-state index is 12.4. The van der Waals surface area contributed by atoms with Crippen molar-refractivity contribution < 1.29 is 14.9 Å². The van der Waals surface area contributed by atoms with Gasteiger partial charge in [0.25, 0.3) is 0 Å². The Bertz CT molecular complexity index is 697. The van der Waals surface area contributed by atoms with Crippen molar-refractivity contribution >= 4 is 34.7 Å².